The van der Waals surface area contributed by atoms with Crippen LogP contribution in [0.2, 0.25) is 0 Å². The molecule has 79 valence electrons. The molecule has 2 N–H and O–H groups in total. The zero-order valence-electron chi connectivity index (χ0n) is 8.96. The van der Waals surface area contributed by atoms with Crippen LogP contribution in [0.4, 0.5) is 5.95 Å². The molecule has 0 aliphatic rings. The van der Waals surface area contributed by atoms with Crippen LogP contribution in [0.5, 0.6) is 0 Å². The van der Waals surface area contributed by atoms with Crippen molar-refractivity contribution in [3.05, 3.63) is 30.7 Å². The van der Waals surface area contributed by atoms with Gasteiger partial charge in [-0.15, -0.1) is 0 Å². The second kappa shape index (κ2) is 4.82. The van der Waals surface area contributed by atoms with E-state index >= 15 is 0 Å². The molecule has 0 spiro atoms. The summed E-state index contributed by atoms with van der Waals surface area (Å²) in [6.07, 6.45) is 4.46. The Morgan fingerprint density at radius 1 is 1.40 bits per heavy atom. The van der Waals surface area contributed by atoms with Crippen molar-refractivity contribution >= 4 is 17.0 Å². The standard InChI is InChI=1S/C12H16N3/c1-2-3-6-9-13-12-14-10-7-4-5-8-11(10)15-12/h3-5,7-8H,2,6,9H2,1H3,(H2,13,14,15). The van der Waals surface area contributed by atoms with E-state index in [1.165, 1.54) is 0 Å². The summed E-state index contributed by atoms with van der Waals surface area (Å²) >= 11 is 0. The van der Waals surface area contributed by atoms with Crippen molar-refractivity contribution in [1.82, 2.24) is 9.97 Å². The number of nitrogens with one attached hydrogen (secondary N) is 2. The zero-order valence-corrected chi connectivity index (χ0v) is 8.96. The number of unbranched alkanes of at least 4 members (excludes halogenated alkanes) is 2. The molecule has 1 aromatic heterocycles. The number of hydrogen-bond donors (Lipinski definition) is 2. The number of fused-ring (bicyclic) bond motifs is 1. The molecular weight excluding hydrogens is 186 g/mol. The van der Waals surface area contributed by atoms with Crippen molar-refractivity contribution in [2.75, 3.05) is 11.9 Å². The smallest absolute Gasteiger partial charge is 0.201 e. The largest absolute Gasteiger partial charge is 0.356 e. The van der Waals surface area contributed by atoms with Gasteiger partial charge in [0, 0.05) is 6.54 Å². The maximum absolute atomic E-state index is 4.43. The van der Waals surface area contributed by atoms with Crippen molar-refractivity contribution in [3.8, 4) is 0 Å². The molecule has 0 atom stereocenters. The number of benzene rings is 1. The quantitative estimate of drug-likeness (QED) is 0.732. The molecule has 0 bridgehead atoms. The highest BCUT2D eigenvalue weighted by Crippen LogP contribution is 2.13. The Morgan fingerprint density at radius 2 is 2.27 bits per heavy atom. The minimum absolute atomic E-state index is 0.862. The Kier molecular flexibility index (Phi) is 3.22. The molecule has 1 radical (unpaired) electrons. The minimum atomic E-state index is 0.862. The van der Waals surface area contributed by atoms with Gasteiger partial charge < -0.3 is 10.3 Å². The van der Waals surface area contributed by atoms with Gasteiger partial charge in [-0.2, -0.15) is 0 Å². The first-order valence-electron chi connectivity index (χ1n) is 5.40. The molecule has 2 aromatic rings. The third-order valence-corrected chi connectivity index (χ3v) is 2.32. The van der Waals surface area contributed by atoms with Gasteiger partial charge in [0.2, 0.25) is 5.95 Å². The monoisotopic (exact) mass is 202 g/mol. The van der Waals surface area contributed by atoms with Crippen LogP contribution in [0.15, 0.2) is 24.3 Å². The molecule has 1 heterocycles. The Hall–Kier alpha value is -1.51. The Morgan fingerprint density at radius 3 is 3.07 bits per heavy atom. The number of aromatic nitrogens is 2. The van der Waals surface area contributed by atoms with Gasteiger partial charge in [0.15, 0.2) is 0 Å². The van der Waals surface area contributed by atoms with E-state index < -0.39 is 0 Å². The van der Waals surface area contributed by atoms with Crippen molar-refractivity contribution in [2.45, 2.75) is 19.8 Å². The van der Waals surface area contributed by atoms with Gasteiger partial charge in [-0.1, -0.05) is 25.5 Å². The number of nitrogens with zero attached hydrogens (tertiary/aromatic N) is 1. The maximum atomic E-state index is 4.43. The summed E-state index contributed by atoms with van der Waals surface area (Å²) < 4.78 is 0. The van der Waals surface area contributed by atoms with Crippen LogP contribution in [-0.4, -0.2) is 16.5 Å². The van der Waals surface area contributed by atoms with Crippen LogP contribution < -0.4 is 5.32 Å². The second-order valence-electron chi connectivity index (χ2n) is 3.51. The van der Waals surface area contributed by atoms with Gasteiger partial charge in [0.05, 0.1) is 11.0 Å². The average Bonchev–Trinajstić information content (AvgIpc) is 2.67. The lowest BCUT2D eigenvalue weighted by Crippen LogP contribution is -2.02. The summed E-state index contributed by atoms with van der Waals surface area (Å²) in [4.78, 5) is 7.67. The number of anilines is 1. The molecule has 0 aliphatic heterocycles. The molecule has 3 heteroatoms. The predicted octanol–water partition coefficient (Wildman–Crippen LogP) is 2.98. The SMILES string of the molecule is CC[CH]CCNc1nc2ccccc2[nH]1. The number of rotatable bonds is 5. The van der Waals surface area contributed by atoms with Crippen LogP contribution in [0.3, 0.4) is 0 Å². The highest BCUT2D eigenvalue weighted by molar-refractivity contribution is 5.77. The molecule has 2 rings (SSSR count). The van der Waals surface area contributed by atoms with Crippen LogP contribution in [0.25, 0.3) is 11.0 Å². The number of aromatic amines is 1. The zero-order chi connectivity index (χ0) is 10.5. The van der Waals surface area contributed by atoms with E-state index in [4.69, 9.17) is 0 Å². The molecule has 0 saturated carbocycles. The van der Waals surface area contributed by atoms with Crippen LogP contribution in [-0.2, 0) is 0 Å². The number of para-hydroxylation sites is 2. The van der Waals surface area contributed by atoms with Gasteiger partial charge in [-0.3, -0.25) is 0 Å². The molecule has 0 saturated heterocycles. The van der Waals surface area contributed by atoms with E-state index in [0.717, 1.165) is 36.4 Å². The second-order valence-corrected chi connectivity index (χ2v) is 3.51. The molecule has 1 aromatic carbocycles. The van der Waals surface area contributed by atoms with E-state index in [-0.39, 0.29) is 0 Å². The first-order chi connectivity index (χ1) is 7.40. The molecule has 0 unspecified atom stereocenters. The first kappa shape index (κ1) is 10.0. The maximum Gasteiger partial charge on any atom is 0.201 e. The van der Waals surface area contributed by atoms with Crippen molar-refractivity contribution in [2.24, 2.45) is 0 Å². The molecule has 0 amide bonds. The topological polar surface area (TPSA) is 40.7 Å². The van der Waals surface area contributed by atoms with Gasteiger partial charge in [-0.25, -0.2) is 4.98 Å². The van der Waals surface area contributed by atoms with Crippen LogP contribution >= 0.6 is 0 Å². The Bertz CT molecular complexity index is 386. The fraction of sp³-hybridized carbons (Fsp3) is 0.333. The first-order valence-corrected chi connectivity index (χ1v) is 5.40. The highest BCUT2D eigenvalue weighted by atomic mass is 15.1. The molecule has 3 nitrogen and oxygen atoms in total. The lowest BCUT2D eigenvalue weighted by molar-refractivity contribution is 0.910. The van der Waals surface area contributed by atoms with Gasteiger partial charge in [-0.05, 0) is 25.0 Å². The summed E-state index contributed by atoms with van der Waals surface area (Å²) in [5.74, 6) is 0.862. The van der Waals surface area contributed by atoms with Crippen LogP contribution in [0.1, 0.15) is 19.8 Å². The van der Waals surface area contributed by atoms with Crippen LogP contribution in [0, 0.1) is 6.42 Å². The van der Waals surface area contributed by atoms with Gasteiger partial charge in [0.1, 0.15) is 0 Å². The van der Waals surface area contributed by atoms with Crippen molar-refractivity contribution in [1.29, 1.82) is 0 Å². The van der Waals surface area contributed by atoms with Gasteiger partial charge in [0.25, 0.3) is 0 Å². The summed E-state index contributed by atoms with van der Waals surface area (Å²) in [5, 5.41) is 3.27. The van der Waals surface area contributed by atoms with E-state index in [9.17, 15) is 0 Å². The summed E-state index contributed by atoms with van der Waals surface area (Å²) in [6, 6.07) is 8.05. The third kappa shape index (κ3) is 2.49. The van der Waals surface area contributed by atoms with Crippen molar-refractivity contribution in [3.63, 3.8) is 0 Å². The fourth-order valence-corrected chi connectivity index (χ4v) is 1.53. The lowest BCUT2D eigenvalue weighted by Gasteiger charge is -2.00. The summed E-state index contributed by atoms with van der Waals surface area (Å²) in [6.45, 7) is 3.09. The lowest BCUT2D eigenvalue weighted by atomic mass is 10.2. The molecular formula is C12H16N3. The number of imidazole rings is 1. The normalized spacial score (nSPS) is 10.7. The molecule has 0 fully saturated rings. The summed E-state index contributed by atoms with van der Waals surface area (Å²) in [5.41, 5.74) is 2.10. The molecule has 0 aliphatic carbocycles. The third-order valence-electron chi connectivity index (χ3n) is 2.32. The highest BCUT2D eigenvalue weighted by Gasteiger charge is 1.99. The van der Waals surface area contributed by atoms with E-state index in [2.05, 4.69) is 28.6 Å². The van der Waals surface area contributed by atoms with E-state index in [1.807, 2.05) is 24.3 Å². The van der Waals surface area contributed by atoms with Crippen molar-refractivity contribution < 1.29 is 0 Å². The number of H-pyrrole nitrogens is 1. The van der Waals surface area contributed by atoms with E-state index in [1.54, 1.807) is 0 Å². The number of hydrogen-bond acceptors (Lipinski definition) is 2. The Labute approximate surface area is 89.9 Å². The minimum Gasteiger partial charge on any atom is -0.356 e. The average molecular weight is 202 g/mol. The fourth-order valence-electron chi connectivity index (χ4n) is 1.53. The predicted molar refractivity (Wildman–Crippen MR) is 63.8 cm³/mol. The Balaban J connectivity index is 1.97. The summed E-state index contributed by atoms with van der Waals surface area (Å²) in [7, 11) is 0. The van der Waals surface area contributed by atoms with Gasteiger partial charge >= 0.3 is 0 Å². The molecule has 15 heavy (non-hydrogen) atoms. The van der Waals surface area contributed by atoms with E-state index in [0.29, 0.717) is 0 Å².